The van der Waals surface area contributed by atoms with Crippen LogP contribution in [0.3, 0.4) is 0 Å². The lowest BCUT2D eigenvalue weighted by atomic mass is 10.0. The second-order valence-corrected chi connectivity index (χ2v) is 6.68. The molecule has 1 atom stereocenters. The van der Waals surface area contributed by atoms with Crippen LogP contribution in [0.15, 0.2) is 48.0 Å². The summed E-state index contributed by atoms with van der Waals surface area (Å²) in [5.41, 5.74) is 1.25. The lowest BCUT2D eigenvalue weighted by molar-refractivity contribution is -0.148. The Morgan fingerprint density at radius 1 is 1.26 bits per heavy atom. The van der Waals surface area contributed by atoms with Gasteiger partial charge in [0.2, 0.25) is 0 Å². The van der Waals surface area contributed by atoms with Gasteiger partial charge in [0.15, 0.2) is 0 Å². The first-order valence-corrected chi connectivity index (χ1v) is 8.68. The summed E-state index contributed by atoms with van der Waals surface area (Å²) in [4.78, 5) is 33.1. The first-order chi connectivity index (χ1) is 12.9. The molecule has 2 aromatic rings. The quantitative estimate of drug-likeness (QED) is 0.354. The highest BCUT2D eigenvalue weighted by molar-refractivity contribution is 6.38. The number of nitrogens with one attached hydrogen (secondary N) is 1. The lowest BCUT2D eigenvalue weighted by Gasteiger charge is -2.29. The highest BCUT2D eigenvalue weighted by Crippen LogP contribution is 2.16. The third-order valence-electron chi connectivity index (χ3n) is 4.04. The Bertz CT molecular complexity index is 772. The Kier molecular flexibility index (Phi) is 7.10. The minimum atomic E-state index is -1.15. The molecule has 1 aromatic carbocycles. The molecular formula is C19H24N4O4. The van der Waals surface area contributed by atoms with Crippen molar-refractivity contribution in [3.05, 3.63) is 54.1 Å². The van der Waals surface area contributed by atoms with Crippen LogP contribution in [0.25, 0.3) is 0 Å². The smallest absolute Gasteiger partial charge is 0.326 e. The minimum absolute atomic E-state index is 0.0395. The van der Waals surface area contributed by atoms with Gasteiger partial charge in [-0.25, -0.2) is 9.78 Å². The fourth-order valence-electron chi connectivity index (χ4n) is 2.76. The number of carboxylic acids is 1. The van der Waals surface area contributed by atoms with Crippen LogP contribution >= 0.6 is 0 Å². The van der Waals surface area contributed by atoms with Gasteiger partial charge in [-0.05, 0) is 11.5 Å². The monoisotopic (exact) mass is 372 g/mol. The Labute approximate surface area is 157 Å². The molecule has 2 rings (SSSR count). The van der Waals surface area contributed by atoms with E-state index in [-0.39, 0.29) is 31.0 Å². The molecule has 144 valence electrons. The second kappa shape index (κ2) is 9.51. The number of oxime groups is 1. The topological polar surface area (TPSA) is 119 Å². The zero-order valence-corrected chi connectivity index (χ0v) is 15.4. The molecule has 0 fully saturated rings. The van der Waals surface area contributed by atoms with Gasteiger partial charge >= 0.3 is 5.97 Å². The first-order valence-electron chi connectivity index (χ1n) is 8.68. The third-order valence-corrected chi connectivity index (χ3v) is 4.04. The number of aliphatic carboxylic acids is 1. The van der Waals surface area contributed by atoms with Crippen LogP contribution in [0.1, 0.15) is 31.5 Å². The molecular weight excluding hydrogens is 348 g/mol. The normalized spacial score (nSPS) is 12.8. The second-order valence-electron chi connectivity index (χ2n) is 6.68. The average Bonchev–Trinajstić information content (AvgIpc) is 3.15. The van der Waals surface area contributed by atoms with Crippen LogP contribution in [-0.4, -0.2) is 48.8 Å². The number of nitrogens with zero attached hydrogens (tertiary/aromatic N) is 3. The van der Waals surface area contributed by atoms with Gasteiger partial charge in [0.1, 0.15) is 11.8 Å². The van der Waals surface area contributed by atoms with Gasteiger partial charge in [0, 0.05) is 25.6 Å². The Hall–Kier alpha value is -3.16. The molecule has 0 saturated heterocycles. The number of rotatable bonds is 9. The number of aromatic nitrogens is 2. The summed E-state index contributed by atoms with van der Waals surface area (Å²) in [7, 11) is 0. The average molecular weight is 372 g/mol. The van der Waals surface area contributed by atoms with E-state index in [1.54, 1.807) is 6.20 Å². The summed E-state index contributed by atoms with van der Waals surface area (Å²) in [5, 5.41) is 22.2. The number of carboxylic acid groups (broad SMARTS) is 1. The Morgan fingerprint density at radius 3 is 2.48 bits per heavy atom. The number of imidazole rings is 1. The van der Waals surface area contributed by atoms with Crippen LogP contribution < -0.4 is 0 Å². The fourth-order valence-corrected chi connectivity index (χ4v) is 2.76. The molecule has 0 saturated carbocycles. The van der Waals surface area contributed by atoms with Crippen molar-refractivity contribution in [2.24, 2.45) is 11.1 Å². The molecule has 0 unspecified atom stereocenters. The van der Waals surface area contributed by atoms with Gasteiger partial charge in [0.05, 0.1) is 12.0 Å². The van der Waals surface area contributed by atoms with Crippen molar-refractivity contribution >= 4 is 17.6 Å². The minimum Gasteiger partial charge on any atom is -0.480 e. The van der Waals surface area contributed by atoms with E-state index in [0.29, 0.717) is 5.69 Å². The summed E-state index contributed by atoms with van der Waals surface area (Å²) in [6, 6.07) is 7.95. The van der Waals surface area contributed by atoms with Crippen LogP contribution in [0.2, 0.25) is 0 Å². The maximum absolute atomic E-state index is 13.0. The number of benzene rings is 1. The summed E-state index contributed by atoms with van der Waals surface area (Å²) in [5.74, 6) is -1.67. The van der Waals surface area contributed by atoms with Crippen molar-refractivity contribution in [1.29, 1.82) is 0 Å². The van der Waals surface area contributed by atoms with Crippen molar-refractivity contribution in [3.63, 3.8) is 0 Å². The molecule has 0 aliphatic rings. The molecule has 8 heteroatoms. The van der Waals surface area contributed by atoms with Crippen LogP contribution in [0.4, 0.5) is 0 Å². The molecule has 27 heavy (non-hydrogen) atoms. The predicted octanol–water partition coefficient (Wildman–Crippen LogP) is 2.31. The van der Waals surface area contributed by atoms with Gasteiger partial charge < -0.3 is 20.2 Å². The van der Waals surface area contributed by atoms with Crippen molar-refractivity contribution in [3.8, 4) is 0 Å². The van der Waals surface area contributed by atoms with E-state index in [9.17, 15) is 19.9 Å². The number of H-pyrrole nitrogens is 1. The molecule has 1 amide bonds. The van der Waals surface area contributed by atoms with Crippen molar-refractivity contribution in [2.75, 3.05) is 0 Å². The number of carbonyl (C=O) groups excluding carboxylic acids is 1. The summed E-state index contributed by atoms with van der Waals surface area (Å²) in [6.07, 6.45) is 3.33. The number of carbonyl (C=O) groups is 2. The van der Waals surface area contributed by atoms with E-state index in [0.717, 1.165) is 5.56 Å². The van der Waals surface area contributed by atoms with Crippen LogP contribution in [0, 0.1) is 5.92 Å². The van der Waals surface area contributed by atoms with E-state index in [1.807, 2.05) is 44.2 Å². The molecule has 0 aliphatic heterocycles. The Morgan fingerprint density at radius 2 is 1.96 bits per heavy atom. The van der Waals surface area contributed by atoms with Gasteiger partial charge in [-0.2, -0.15) is 0 Å². The molecule has 0 aliphatic carbocycles. The SMILES string of the molecule is CC(C)C/C(=N/O)C(=O)N(Cc1ccccc1)[C@@H](Cc1c[nH]cn1)C(=O)O. The van der Waals surface area contributed by atoms with Crippen LogP contribution in [0.5, 0.6) is 0 Å². The number of hydrogen-bond donors (Lipinski definition) is 3. The molecule has 8 nitrogen and oxygen atoms in total. The van der Waals surface area contributed by atoms with Crippen molar-refractivity contribution < 1.29 is 19.9 Å². The molecule has 0 radical (unpaired) electrons. The van der Waals surface area contributed by atoms with Crippen molar-refractivity contribution in [1.82, 2.24) is 14.9 Å². The van der Waals surface area contributed by atoms with Crippen LogP contribution in [-0.2, 0) is 22.6 Å². The highest BCUT2D eigenvalue weighted by atomic mass is 16.4. The summed E-state index contributed by atoms with van der Waals surface area (Å²) in [6.45, 7) is 3.86. The van der Waals surface area contributed by atoms with Gasteiger partial charge in [0.25, 0.3) is 5.91 Å². The zero-order chi connectivity index (χ0) is 19.8. The molecule has 3 N–H and O–H groups in total. The highest BCUT2D eigenvalue weighted by Gasteiger charge is 2.33. The summed E-state index contributed by atoms with van der Waals surface area (Å²) < 4.78 is 0. The van der Waals surface area contributed by atoms with E-state index in [4.69, 9.17) is 0 Å². The molecule has 1 heterocycles. The molecule has 1 aromatic heterocycles. The summed E-state index contributed by atoms with van der Waals surface area (Å²) >= 11 is 0. The maximum Gasteiger partial charge on any atom is 0.326 e. The predicted molar refractivity (Wildman–Crippen MR) is 99.4 cm³/mol. The number of aromatic amines is 1. The Balaban J connectivity index is 2.36. The van der Waals surface area contributed by atoms with E-state index >= 15 is 0 Å². The fraction of sp³-hybridized carbons (Fsp3) is 0.368. The van der Waals surface area contributed by atoms with E-state index in [1.165, 1.54) is 11.2 Å². The lowest BCUT2D eigenvalue weighted by Crippen LogP contribution is -2.48. The van der Waals surface area contributed by atoms with Gasteiger partial charge in [-0.15, -0.1) is 0 Å². The first kappa shape index (κ1) is 20.2. The third kappa shape index (κ3) is 5.67. The van der Waals surface area contributed by atoms with Crippen molar-refractivity contribution in [2.45, 2.75) is 39.3 Å². The maximum atomic E-state index is 13.0. The number of amides is 1. The van der Waals surface area contributed by atoms with E-state index in [2.05, 4.69) is 15.1 Å². The van der Waals surface area contributed by atoms with E-state index < -0.39 is 17.9 Å². The zero-order valence-electron chi connectivity index (χ0n) is 15.4. The molecule has 0 spiro atoms. The number of hydrogen-bond acceptors (Lipinski definition) is 5. The largest absolute Gasteiger partial charge is 0.480 e. The standard InChI is InChI=1S/C19H24N4O4/c1-13(2)8-16(22-27)18(24)23(11-14-6-4-3-5-7-14)17(19(25)26)9-15-10-20-12-21-15/h3-7,10,12-13,17,27H,8-9,11H2,1-2H3,(H,20,21)(H,25,26)/b22-16-/t17-/m0/s1. The molecule has 0 bridgehead atoms. The van der Waals surface area contributed by atoms with Gasteiger partial charge in [-0.1, -0.05) is 49.3 Å². The van der Waals surface area contributed by atoms with Gasteiger partial charge in [-0.3, -0.25) is 4.79 Å².